The number of aromatic nitrogens is 4. The molecule has 3 heterocycles. The summed E-state index contributed by atoms with van der Waals surface area (Å²) >= 11 is 0. The summed E-state index contributed by atoms with van der Waals surface area (Å²) in [6.45, 7) is 1.44. The molecule has 0 aliphatic heterocycles. The van der Waals surface area contributed by atoms with E-state index in [0.717, 1.165) is 22.4 Å². The number of carbonyl (C=O) groups is 2. The van der Waals surface area contributed by atoms with Crippen LogP contribution < -0.4 is 5.73 Å². The van der Waals surface area contributed by atoms with E-state index in [1.807, 2.05) is 42.5 Å². The average molecular weight is 488 g/mol. The Labute approximate surface area is 207 Å². The van der Waals surface area contributed by atoms with Gasteiger partial charge in [0, 0.05) is 34.7 Å². The Bertz CT molecular complexity index is 1430. The van der Waals surface area contributed by atoms with Gasteiger partial charge in [-0.25, -0.2) is 14.2 Å². The van der Waals surface area contributed by atoms with Crippen LogP contribution in [0.2, 0.25) is 0 Å². The minimum Gasteiger partial charge on any atom is -0.479 e. The highest BCUT2D eigenvalue weighted by molar-refractivity contribution is 6.00. The summed E-state index contributed by atoms with van der Waals surface area (Å²) in [5, 5.41) is 13.4. The van der Waals surface area contributed by atoms with Crippen molar-refractivity contribution in [2.24, 2.45) is 5.92 Å². The molecule has 5 rings (SSSR count). The van der Waals surface area contributed by atoms with Gasteiger partial charge in [0.05, 0.1) is 23.1 Å². The first-order valence-corrected chi connectivity index (χ1v) is 11.9. The van der Waals surface area contributed by atoms with Crippen LogP contribution in [-0.4, -0.2) is 42.6 Å². The highest BCUT2D eigenvalue weighted by Crippen LogP contribution is 2.40. The zero-order valence-corrected chi connectivity index (χ0v) is 19.8. The number of alkyl halides is 1. The number of aliphatic carboxylic acids is 1. The van der Waals surface area contributed by atoms with Crippen molar-refractivity contribution in [3.8, 4) is 22.4 Å². The zero-order valence-electron chi connectivity index (χ0n) is 19.8. The van der Waals surface area contributed by atoms with Crippen LogP contribution in [0.1, 0.15) is 54.6 Å². The van der Waals surface area contributed by atoms with E-state index >= 15 is 0 Å². The molecule has 0 unspecified atom stereocenters. The number of carboxylic acid groups (broad SMARTS) is 1. The van der Waals surface area contributed by atoms with Gasteiger partial charge in [0.15, 0.2) is 17.6 Å². The molecule has 0 bridgehead atoms. The molecule has 1 fully saturated rings. The van der Waals surface area contributed by atoms with Crippen LogP contribution in [0, 0.1) is 5.92 Å². The molecule has 0 radical (unpaired) electrons. The monoisotopic (exact) mass is 487 g/mol. The Hall–Kier alpha value is -4.14. The van der Waals surface area contributed by atoms with Crippen molar-refractivity contribution in [3.63, 3.8) is 0 Å². The van der Waals surface area contributed by atoms with Gasteiger partial charge < -0.3 is 10.8 Å². The number of nitrogens with zero attached hydrogens (tertiary/aromatic N) is 4. The number of carboxylic acids is 1. The van der Waals surface area contributed by atoms with E-state index in [9.17, 15) is 14.0 Å². The second kappa shape index (κ2) is 9.49. The third-order valence-electron chi connectivity index (χ3n) is 7.02. The second-order valence-electron chi connectivity index (χ2n) is 9.26. The highest BCUT2D eigenvalue weighted by Gasteiger charge is 2.35. The summed E-state index contributed by atoms with van der Waals surface area (Å²) in [7, 11) is 0. The van der Waals surface area contributed by atoms with Gasteiger partial charge in [-0.15, -0.1) is 0 Å². The van der Waals surface area contributed by atoms with Crippen molar-refractivity contribution in [3.05, 3.63) is 66.1 Å². The van der Waals surface area contributed by atoms with Gasteiger partial charge in [-0.2, -0.15) is 9.61 Å². The molecule has 1 aliphatic carbocycles. The van der Waals surface area contributed by atoms with Crippen LogP contribution in [-0.2, 0) is 4.79 Å². The molecule has 3 aromatic heterocycles. The number of benzene rings is 1. The Morgan fingerprint density at radius 3 is 2.39 bits per heavy atom. The summed E-state index contributed by atoms with van der Waals surface area (Å²) in [4.78, 5) is 33.1. The van der Waals surface area contributed by atoms with E-state index in [2.05, 4.69) is 10.1 Å². The lowest BCUT2D eigenvalue weighted by molar-refractivity contribution is -0.145. The summed E-state index contributed by atoms with van der Waals surface area (Å²) < 4.78 is 15.5. The molecule has 9 heteroatoms. The number of fused-ring (bicyclic) bond motifs is 1. The molecule has 36 heavy (non-hydrogen) atoms. The number of halogens is 1. The van der Waals surface area contributed by atoms with E-state index in [1.165, 1.54) is 11.4 Å². The van der Waals surface area contributed by atoms with Crippen molar-refractivity contribution < 1.29 is 19.1 Å². The third kappa shape index (κ3) is 4.21. The topological polar surface area (TPSA) is 123 Å². The molecule has 1 aliphatic rings. The Balaban J connectivity index is 1.52. The maximum Gasteiger partial charge on any atom is 0.338 e. The van der Waals surface area contributed by atoms with Crippen LogP contribution in [0.15, 0.2) is 54.9 Å². The molecule has 4 aromatic rings. The normalized spacial score (nSPS) is 18.7. The SMILES string of the molecule is CC(=O)c1c(N)n2ncc(-c3ccc(-c4ccccc4)nc3)c2nc1[C@H]1CC[C@H]([C@H](F)C(=O)O)CC1. The molecule has 0 saturated heterocycles. The number of anilines is 1. The third-order valence-corrected chi connectivity index (χ3v) is 7.02. The highest BCUT2D eigenvalue weighted by atomic mass is 19.1. The fraction of sp³-hybridized carbons (Fsp3) is 0.296. The van der Waals surface area contributed by atoms with Crippen molar-refractivity contribution >= 4 is 23.2 Å². The van der Waals surface area contributed by atoms with E-state index in [4.69, 9.17) is 15.8 Å². The van der Waals surface area contributed by atoms with E-state index < -0.39 is 18.1 Å². The van der Waals surface area contributed by atoms with Gasteiger partial charge in [-0.3, -0.25) is 9.78 Å². The number of pyridine rings is 1. The number of Topliss-reactive ketones (excluding diaryl/α,β-unsaturated/α-hetero) is 1. The molecular formula is C27H26FN5O3. The lowest BCUT2D eigenvalue weighted by Gasteiger charge is -2.29. The second-order valence-corrected chi connectivity index (χ2v) is 9.26. The maximum atomic E-state index is 14.0. The van der Waals surface area contributed by atoms with Crippen LogP contribution >= 0.6 is 0 Å². The number of nitrogen functional groups attached to an aromatic ring is 1. The first-order valence-electron chi connectivity index (χ1n) is 11.9. The van der Waals surface area contributed by atoms with E-state index in [1.54, 1.807) is 12.4 Å². The molecule has 1 aromatic carbocycles. The minimum absolute atomic E-state index is 0.130. The molecule has 3 N–H and O–H groups in total. The van der Waals surface area contributed by atoms with Crippen molar-refractivity contribution in [2.75, 3.05) is 5.73 Å². The summed E-state index contributed by atoms with van der Waals surface area (Å²) in [5.74, 6) is -2.12. The lowest BCUT2D eigenvalue weighted by atomic mass is 9.77. The van der Waals surface area contributed by atoms with Crippen LogP contribution in [0.25, 0.3) is 28.0 Å². The molecule has 184 valence electrons. The van der Waals surface area contributed by atoms with Crippen LogP contribution in [0.3, 0.4) is 0 Å². The summed E-state index contributed by atoms with van der Waals surface area (Å²) in [5.41, 5.74) is 11.2. The fourth-order valence-corrected chi connectivity index (χ4v) is 5.11. The number of rotatable bonds is 6. The fourth-order valence-electron chi connectivity index (χ4n) is 5.11. The Morgan fingerprint density at radius 1 is 1.06 bits per heavy atom. The number of nitrogens with two attached hydrogens (primary N) is 1. The van der Waals surface area contributed by atoms with Gasteiger partial charge in [-0.05, 0) is 38.7 Å². The Morgan fingerprint density at radius 2 is 1.78 bits per heavy atom. The number of hydrogen-bond donors (Lipinski definition) is 2. The standard InChI is InChI=1S/C27H26FN5O3/c1-15(34)22-24(18-9-7-17(8-10-18)23(28)27(35)36)32-26-20(14-31-33(26)25(22)29)19-11-12-21(30-13-19)16-5-3-2-4-6-16/h2-6,11-14,17-18,23H,7-10,29H2,1H3,(H,35,36)/t17-,18-,23-/m0/s1. The van der Waals surface area contributed by atoms with Crippen molar-refractivity contribution in [1.29, 1.82) is 0 Å². The molecule has 8 nitrogen and oxygen atoms in total. The number of carbonyl (C=O) groups excluding carboxylic acids is 1. The predicted octanol–water partition coefficient (Wildman–Crippen LogP) is 4.94. The largest absolute Gasteiger partial charge is 0.479 e. The molecular weight excluding hydrogens is 461 g/mol. The van der Waals surface area contributed by atoms with Crippen molar-refractivity contribution in [2.45, 2.75) is 44.7 Å². The number of hydrogen-bond acceptors (Lipinski definition) is 6. The molecule has 0 spiro atoms. The first-order chi connectivity index (χ1) is 17.3. The summed E-state index contributed by atoms with van der Waals surface area (Å²) in [6, 6.07) is 13.7. The van der Waals surface area contributed by atoms with Crippen molar-refractivity contribution in [1.82, 2.24) is 19.6 Å². The molecule has 0 amide bonds. The summed E-state index contributed by atoms with van der Waals surface area (Å²) in [6.07, 6.45) is 3.39. The van der Waals surface area contributed by atoms with Gasteiger partial charge in [0.2, 0.25) is 0 Å². The lowest BCUT2D eigenvalue weighted by Crippen LogP contribution is -2.29. The van der Waals surface area contributed by atoms with E-state index in [-0.39, 0.29) is 17.5 Å². The van der Waals surface area contributed by atoms with Crippen LogP contribution in [0.5, 0.6) is 0 Å². The van der Waals surface area contributed by atoms with E-state index in [0.29, 0.717) is 42.6 Å². The maximum absolute atomic E-state index is 14.0. The minimum atomic E-state index is -1.88. The molecule has 1 atom stereocenters. The zero-order chi connectivity index (χ0) is 25.4. The number of ketones is 1. The Kier molecular flexibility index (Phi) is 6.22. The predicted molar refractivity (Wildman–Crippen MR) is 133 cm³/mol. The smallest absolute Gasteiger partial charge is 0.338 e. The van der Waals surface area contributed by atoms with Crippen LogP contribution in [0.4, 0.5) is 10.2 Å². The molecule has 1 saturated carbocycles. The average Bonchev–Trinajstić information content (AvgIpc) is 3.33. The quantitative estimate of drug-likeness (QED) is 0.369. The first kappa shape index (κ1) is 23.6. The van der Waals surface area contributed by atoms with Gasteiger partial charge in [0.1, 0.15) is 5.82 Å². The van der Waals surface area contributed by atoms with Gasteiger partial charge in [0.25, 0.3) is 0 Å². The van der Waals surface area contributed by atoms with Gasteiger partial charge >= 0.3 is 5.97 Å². The van der Waals surface area contributed by atoms with Gasteiger partial charge in [-0.1, -0.05) is 36.4 Å².